The maximum atomic E-state index is 5.40. The van der Waals surface area contributed by atoms with E-state index >= 15 is 0 Å². The fourth-order valence-electron chi connectivity index (χ4n) is 1.69. The van der Waals surface area contributed by atoms with Crippen molar-refractivity contribution in [3.8, 4) is 0 Å². The van der Waals surface area contributed by atoms with Crippen molar-refractivity contribution in [2.45, 2.75) is 13.0 Å². The highest BCUT2D eigenvalue weighted by atomic mass is 79.9. The zero-order chi connectivity index (χ0) is 9.54. The molecule has 0 aliphatic carbocycles. The van der Waals surface area contributed by atoms with E-state index in [4.69, 9.17) is 4.74 Å². The molecular formula is C9H8BrN3O. The van der Waals surface area contributed by atoms with E-state index in [1.165, 1.54) is 0 Å². The van der Waals surface area contributed by atoms with Gasteiger partial charge in [-0.15, -0.1) is 0 Å². The van der Waals surface area contributed by atoms with Crippen molar-refractivity contribution in [1.29, 1.82) is 0 Å². The largest absolute Gasteiger partial charge is 0.375 e. The molecular weight excluding hydrogens is 246 g/mol. The summed E-state index contributed by atoms with van der Waals surface area (Å²) in [6.07, 6.45) is 4.62. The van der Waals surface area contributed by atoms with Gasteiger partial charge in [-0.05, 0) is 15.9 Å². The Morgan fingerprint density at radius 2 is 2.43 bits per heavy atom. The van der Waals surface area contributed by atoms with Crippen LogP contribution in [-0.2, 0) is 17.8 Å². The topological polar surface area (TPSA) is 39.4 Å². The van der Waals surface area contributed by atoms with Crippen LogP contribution in [0.2, 0.25) is 0 Å². The Hall–Kier alpha value is -0.940. The molecule has 14 heavy (non-hydrogen) atoms. The van der Waals surface area contributed by atoms with E-state index in [-0.39, 0.29) is 0 Å². The van der Waals surface area contributed by atoms with Gasteiger partial charge in [0.05, 0.1) is 29.1 Å². The highest BCUT2D eigenvalue weighted by Crippen LogP contribution is 2.19. The third-order valence-electron chi connectivity index (χ3n) is 2.35. The number of aromatic nitrogens is 3. The van der Waals surface area contributed by atoms with E-state index in [0.29, 0.717) is 6.61 Å². The number of imidazole rings is 1. The highest BCUT2D eigenvalue weighted by Gasteiger charge is 2.16. The molecule has 0 spiro atoms. The average Bonchev–Trinajstić information content (AvgIpc) is 2.56. The molecule has 0 amide bonds. The standard InChI is InChI=1S/C9H8BrN3O/c10-6-3-11-9-12-7-1-2-14-5-8(7)13(9)4-6/h3-4H,1-2,5H2. The Balaban J connectivity index is 2.32. The van der Waals surface area contributed by atoms with Crippen molar-refractivity contribution in [1.82, 2.24) is 14.4 Å². The molecule has 0 saturated carbocycles. The van der Waals surface area contributed by atoms with Crippen molar-refractivity contribution in [2.24, 2.45) is 0 Å². The first-order valence-corrected chi connectivity index (χ1v) is 5.23. The van der Waals surface area contributed by atoms with Crippen LogP contribution in [0.25, 0.3) is 5.78 Å². The molecule has 0 saturated heterocycles. The van der Waals surface area contributed by atoms with Gasteiger partial charge in [0.2, 0.25) is 5.78 Å². The molecule has 0 radical (unpaired) electrons. The summed E-state index contributed by atoms with van der Waals surface area (Å²) in [6.45, 7) is 1.40. The second-order valence-corrected chi connectivity index (χ2v) is 4.17. The Labute approximate surface area is 89.1 Å². The van der Waals surface area contributed by atoms with E-state index in [9.17, 15) is 0 Å². The fourth-order valence-corrected chi connectivity index (χ4v) is 2.00. The first-order chi connectivity index (χ1) is 6.84. The minimum Gasteiger partial charge on any atom is -0.375 e. The molecule has 3 heterocycles. The number of hydrogen-bond acceptors (Lipinski definition) is 3. The predicted octanol–water partition coefficient (Wildman–Crippen LogP) is 1.56. The molecule has 2 aromatic heterocycles. The summed E-state index contributed by atoms with van der Waals surface area (Å²) in [4.78, 5) is 8.68. The molecule has 5 heteroatoms. The van der Waals surface area contributed by atoms with Crippen molar-refractivity contribution < 1.29 is 4.74 Å². The number of fused-ring (bicyclic) bond motifs is 3. The van der Waals surface area contributed by atoms with E-state index in [2.05, 4.69) is 25.9 Å². The van der Waals surface area contributed by atoms with Crippen LogP contribution in [0.3, 0.4) is 0 Å². The smallest absolute Gasteiger partial charge is 0.234 e. The van der Waals surface area contributed by atoms with Crippen LogP contribution in [0.15, 0.2) is 16.9 Å². The SMILES string of the molecule is Brc1cnc2nc3c(n2c1)COCC3. The molecule has 72 valence electrons. The lowest BCUT2D eigenvalue weighted by Crippen LogP contribution is -2.10. The highest BCUT2D eigenvalue weighted by molar-refractivity contribution is 9.10. The summed E-state index contributed by atoms with van der Waals surface area (Å²) in [7, 11) is 0. The van der Waals surface area contributed by atoms with Gasteiger partial charge in [0, 0.05) is 18.8 Å². The maximum Gasteiger partial charge on any atom is 0.234 e. The van der Waals surface area contributed by atoms with Gasteiger partial charge >= 0.3 is 0 Å². The first kappa shape index (κ1) is 8.38. The van der Waals surface area contributed by atoms with Gasteiger partial charge in [0.1, 0.15) is 0 Å². The average molecular weight is 254 g/mol. The van der Waals surface area contributed by atoms with E-state index < -0.39 is 0 Å². The molecule has 0 fully saturated rings. The number of hydrogen-bond donors (Lipinski definition) is 0. The van der Waals surface area contributed by atoms with Gasteiger partial charge in [0.25, 0.3) is 0 Å². The lowest BCUT2D eigenvalue weighted by molar-refractivity contribution is 0.106. The third kappa shape index (κ3) is 1.16. The van der Waals surface area contributed by atoms with E-state index in [0.717, 1.165) is 34.7 Å². The molecule has 0 bridgehead atoms. The molecule has 0 aromatic carbocycles. The predicted molar refractivity (Wildman–Crippen MR) is 54.0 cm³/mol. The minimum atomic E-state index is 0.634. The molecule has 1 aliphatic heterocycles. The number of nitrogens with zero attached hydrogens (tertiary/aromatic N) is 3. The molecule has 4 nitrogen and oxygen atoms in total. The van der Waals surface area contributed by atoms with Crippen LogP contribution in [0.5, 0.6) is 0 Å². The summed E-state index contributed by atoms with van der Waals surface area (Å²) in [5.74, 6) is 0.753. The van der Waals surface area contributed by atoms with E-state index in [1.807, 2.05) is 10.6 Å². The third-order valence-corrected chi connectivity index (χ3v) is 2.76. The maximum absolute atomic E-state index is 5.40. The Morgan fingerprint density at radius 3 is 3.36 bits per heavy atom. The molecule has 0 unspecified atom stereocenters. The lowest BCUT2D eigenvalue weighted by atomic mass is 10.2. The van der Waals surface area contributed by atoms with Crippen molar-refractivity contribution in [2.75, 3.05) is 6.61 Å². The van der Waals surface area contributed by atoms with Crippen molar-refractivity contribution in [3.05, 3.63) is 28.3 Å². The Kier molecular flexibility index (Phi) is 1.81. The molecule has 2 aromatic rings. The Morgan fingerprint density at radius 1 is 1.50 bits per heavy atom. The van der Waals surface area contributed by atoms with Crippen LogP contribution >= 0.6 is 15.9 Å². The van der Waals surface area contributed by atoms with Crippen molar-refractivity contribution >= 4 is 21.7 Å². The van der Waals surface area contributed by atoms with Crippen LogP contribution in [0.1, 0.15) is 11.4 Å². The van der Waals surface area contributed by atoms with E-state index in [1.54, 1.807) is 6.20 Å². The molecule has 1 aliphatic rings. The van der Waals surface area contributed by atoms with Crippen LogP contribution in [-0.4, -0.2) is 21.0 Å². The van der Waals surface area contributed by atoms with Crippen LogP contribution < -0.4 is 0 Å². The van der Waals surface area contributed by atoms with Gasteiger partial charge in [-0.1, -0.05) is 0 Å². The van der Waals surface area contributed by atoms with Gasteiger partial charge in [-0.25, -0.2) is 9.97 Å². The normalized spacial score (nSPS) is 15.8. The zero-order valence-electron chi connectivity index (χ0n) is 7.40. The summed E-state index contributed by atoms with van der Waals surface area (Å²) in [5, 5.41) is 0. The monoisotopic (exact) mass is 253 g/mol. The zero-order valence-corrected chi connectivity index (χ0v) is 8.99. The number of rotatable bonds is 0. The minimum absolute atomic E-state index is 0.634. The van der Waals surface area contributed by atoms with Gasteiger partial charge < -0.3 is 4.74 Å². The quantitative estimate of drug-likeness (QED) is 0.716. The van der Waals surface area contributed by atoms with Gasteiger partial charge in [-0.2, -0.15) is 0 Å². The van der Waals surface area contributed by atoms with Crippen molar-refractivity contribution in [3.63, 3.8) is 0 Å². The summed E-state index contributed by atoms with van der Waals surface area (Å²) < 4.78 is 8.34. The van der Waals surface area contributed by atoms with Gasteiger partial charge in [0.15, 0.2) is 0 Å². The second-order valence-electron chi connectivity index (χ2n) is 3.25. The Bertz CT molecular complexity index is 494. The molecule has 0 N–H and O–H groups in total. The fraction of sp³-hybridized carbons (Fsp3) is 0.333. The summed E-state index contributed by atoms with van der Waals surface area (Å²) in [6, 6.07) is 0. The summed E-state index contributed by atoms with van der Waals surface area (Å²) >= 11 is 3.39. The van der Waals surface area contributed by atoms with Crippen LogP contribution in [0, 0.1) is 0 Å². The van der Waals surface area contributed by atoms with Crippen LogP contribution in [0.4, 0.5) is 0 Å². The number of halogens is 1. The first-order valence-electron chi connectivity index (χ1n) is 4.44. The molecule has 3 rings (SSSR count). The summed E-state index contributed by atoms with van der Waals surface area (Å²) in [5.41, 5.74) is 2.24. The van der Waals surface area contributed by atoms with Gasteiger partial charge in [-0.3, -0.25) is 4.40 Å². The lowest BCUT2D eigenvalue weighted by Gasteiger charge is -2.10. The molecule has 0 atom stereocenters. The second kappa shape index (κ2) is 3.03. The number of ether oxygens (including phenoxy) is 1.